The van der Waals surface area contributed by atoms with E-state index < -0.39 is 0 Å². The average Bonchev–Trinajstić information content (AvgIpc) is 2.84. The van der Waals surface area contributed by atoms with Crippen molar-refractivity contribution in [2.75, 3.05) is 18.8 Å². The maximum absolute atomic E-state index is 12.3. The molecular formula is C13H22N4O. The summed E-state index contributed by atoms with van der Waals surface area (Å²) in [7, 11) is 0. The average molecular weight is 250 g/mol. The summed E-state index contributed by atoms with van der Waals surface area (Å²) in [5.41, 5.74) is 6.61. The number of amides is 1. The van der Waals surface area contributed by atoms with Gasteiger partial charge in [0.25, 0.3) is 5.91 Å². The van der Waals surface area contributed by atoms with E-state index in [1.165, 1.54) is 19.0 Å². The normalized spacial score (nSPS) is 18.9. The van der Waals surface area contributed by atoms with Crippen LogP contribution in [0.2, 0.25) is 0 Å². The fraction of sp³-hybridized carbons (Fsp3) is 0.692. The first-order valence-corrected chi connectivity index (χ1v) is 6.70. The number of aromatic nitrogens is 2. The van der Waals surface area contributed by atoms with Crippen molar-refractivity contribution >= 4 is 11.7 Å². The minimum Gasteiger partial charge on any atom is -0.383 e. The lowest BCUT2D eigenvalue weighted by molar-refractivity contribution is 0.0559. The predicted molar refractivity (Wildman–Crippen MR) is 71.2 cm³/mol. The summed E-state index contributed by atoms with van der Waals surface area (Å²) in [5, 5.41) is 6.41. The minimum absolute atomic E-state index is 0.00190. The van der Waals surface area contributed by atoms with E-state index in [1.807, 2.05) is 4.90 Å². The number of carbonyl (C=O) groups excluding carboxylic acids is 1. The summed E-state index contributed by atoms with van der Waals surface area (Å²) in [6.45, 7) is 6.14. The number of nitrogens with zero attached hydrogens (tertiary/aromatic N) is 2. The van der Waals surface area contributed by atoms with Gasteiger partial charge in [0, 0.05) is 13.1 Å². The van der Waals surface area contributed by atoms with Crippen LogP contribution in [0.4, 0.5) is 5.82 Å². The Labute approximate surface area is 108 Å². The molecule has 0 unspecified atom stereocenters. The van der Waals surface area contributed by atoms with E-state index in [4.69, 9.17) is 5.73 Å². The zero-order valence-corrected chi connectivity index (χ0v) is 11.2. The lowest BCUT2D eigenvalue weighted by Crippen LogP contribution is -2.42. The van der Waals surface area contributed by atoms with Crippen LogP contribution in [0.15, 0.2) is 6.20 Å². The van der Waals surface area contributed by atoms with E-state index in [1.54, 1.807) is 0 Å². The number of carbonyl (C=O) groups is 1. The van der Waals surface area contributed by atoms with Crippen molar-refractivity contribution in [3.63, 3.8) is 0 Å². The molecule has 1 saturated heterocycles. The lowest BCUT2D eigenvalue weighted by atomic mass is 9.74. The van der Waals surface area contributed by atoms with Crippen LogP contribution >= 0.6 is 0 Å². The summed E-state index contributed by atoms with van der Waals surface area (Å²) in [6, 6.07) is 0. The summed E-state index contributed by atoms with van der Waals surface area (Å²) in [6.07, 6.45) is 6.07. The van der Waals surface area contributed by atoms with Crippen LogP contribution in [0.3, 0.4) is 0 Å². The Hall–Kier alpha value is -1.52. The molecule has 5 heteroatoms. The number of rotatable bonds is 3. The number of nitrogen functional groups attached to an aromatic ring is 1. The molecule has 0 radical (unpaired) electrons. The van der Waals surface area contributed by atoms with Gasteiger partial charge in [-0.1, -0.05) is 26.7 Å². The summed E-state index contributed by atoms with van der Waals surface area (Å²) in [5.74, 6) is 0.366. The second-order valence-corrected chi connectivity index (χ2v) is 5.20. The largest absolute Gasteiger partial charge is 0.383 e. The number of piperidine rings is 1. The van der Waals surface area contributed by atoms with Crippen LogP contribution in [0.25, 0.3) is 0 Å². The van der Waals surface area contributed by atoms with Crippen molar-refractivity contribution < 1.29 is 4.79 Å². The third-order valence-corrected chi connectivity index (χ3v) is 4.51. The molecule has 0 bridgehead atoms. The molecule has 0 aliphatic carbocycles. The van der Waals surface area contributed by atoms with Crippen molar-refractivity contribution in [1.29, 1.82) is 0 Å². The Kier molecular flexibility index (Phi) is 3.59. The number of nitrogens with two attached hydrogens (primary N) is 1. The zero-order chi connectivity index (χ0) is 13.2. The van der Waals surface area contributed by atoms with Gasteiger partial charge in [0.15, 0.2) is 0 Å². The molecule has 1 fully saturated rings. The number of H-pyrrole nitrogens is 1. The summed E-state index contributed by atoms with van der Waals surface area (Å²) in [4.78, 5) is 14.1. The molecule has 3 N–H and O–H groups in total. The molecule has 0 saturated carbocycles. The molecule has 18 heavy (non-hydrogen) atoms. The monoisotopic (exact) mass is 250 g/mol. The molecular weight excluding hydrogens is 228 g/mol. The van der Waals surface area contributed by atoms with Crippen molar-refractivity contribution in [2.45, 2.75) is 39.5 Å². The molecule has 1 amide bonds. The third kappa shape index (κ3) is 2.21. The summed E-state index contributed by atoms with van der Waals surface area (Å²) >= 11 is 0. The first-order valence-electron chi connectivity index (χ1n) is 6.70. The quantitative estimate of drug-likeness (QED) is 0.862. The number of aromatic amines is 1. The van der Waals surface area contributed by atoms with Gasteiger partial charge in [-0.15, -0.1) is 0 Å². The molecule has 1 aromatic heterocycles. The second-order valence-electron chi connectivity index (χ2n) is 5.20. The zero-order valence-electron chi connectivity index (χ0n) is 11.2. The molecule has 1 aliphatic rings. The van der Waals surface area contributed by atoms with Gasteiger partial charge >= 0.3 is 0 Å². The smallest absolute Gasteiger partial charge is 0.259 e. The van der Waals surface area contributed by atoms with Crippen LogP contribution in [-0.4, -0.2) is 34.1 Å². The van der Waals surface area contributed by atoms with Gasteiger partial charge in [-0.05, 0) is 18.3 Å². The fourth-order valence-corrected chi connectivity index (χ4v) is 2.78. The van der Waals surface area contributed by atoms with Gasteiger partial charge in [0.1, 0.15) is 11.4 Å². The van der Waals surface area contributed by atoms with Gasteiger partial charge in [-0.2, -0.15) is 5.10 Å². The Morgan fingerprint density at radius 3 is 2.50 bits per heavy atom. The Balaban J connectivity index is 2.02. The van der Waals surface area contributed by atoms with E-state index >= 15 is 0 Å². The SMILES string of the molecule is CCC1(CC)CCN(C(=O)c2cn[nH]c2N)CC1. The van der Waals surface area contributed by atoms with Crippen molar-refractivity contribution in [1.82, 2.24) is 15.1 Å². The Bertz CT molecular complexity index is 412. The highest BCUT2D eigenvalue weighted by molar-refractivity contribution is 5.98. The molecule has 0 atom stereocenters. The first kappa shape index (κ1) is 12.9. The van der Waals surface area contributed by atoms with Gasteiger partial charge in [-0.3, -0.25) is 9.89 Å². The van der Waals surface area contributed by atoms with Crippen LogP contribution in [-0.2, 0) is 0 Å². The van der Waals surface area contributed by atoms with Crippen LogP contribution in [0.1, 0.15) is 49.9 Å². The van der Waals surface area contributed by atoms with Crippen LogP contribution < -0.4 is 5.73 Å². The number of nitrogens with one attached hydrogen (secondary N) is 1. The minimum atomic E-state index is 0.00190. The third-order valence-electron chi connectivity index (χ3n) is 4.51. The van der Waals surface area contributed by atoms with Gasteiger partial charge in [-0.25, -0.2) is 0 Å². The maximum Gasteiger partial charge on any atom is 0.259 e. The number of hydrogen-bond acceptors (Lipinski definition) is 3. The highest BCUT2D eigenvalue weighted by Gasteiger charge is 2.33. The number of anilines is 1. The molecule has 100 valence electrons. The molecule has 2 heterocycles. The predicted octanol–water partition coefficient (Wildman–Crippen LogP) is 2.03. The van der Waals surface area contributed by atoms with Gasteiger partial charge < -0.3 is 10.6 Å². The molecule has 5 nitrogen and oxygen atoms in total. The van der Waals surface area contributed by atoms with Gasteiger partial charge in [0.2, 0.25) is 0 Å². The molecule has 1 aromatic rings. The number of likely N-dealkylation sites (tertiary alicyclic amines) is 1. The highest BCUT2D eigenvalue weighted by atomic mass is 16.2. The number of hydrogen-bond donors (Lipinski definition) is 2. The summed E-state index contributed by atoms with van der Waals surface area (Å²) < 4.78 is 0. The molecule has 0 aromatic carbocycles. The molecule has 1 aliphatic heterocycles. The lowest BCUT2D eigenvalue weighted by Gasteiger charge is -2.40. The van der Waals surface area contributed by atoms with Crippen molar-refractivity contribution in [3.8, 4) is 0 Å². The standard InChI is InChI=1S/C13H22N4O/c1-3-13(4-2)5-7-17(8-6-13)12(18)10-9-15-16-11(10)14/h9H,3-8H2,1-2H3,(H3,14,15,16). The Morgan fingerprint density at radius 1 is 1.44 bits per heavy atom. The topological polar surface area (TPSA) is 75.0 Å². The van der Waals surface area contributed by atoms with Crippen molar-refractivity contribution in [3.05, 3.63) is 11.8 Å². The fourth-order valence-electron chi connectivity index (χ4n) is 2.78. The second kappa shape index (κ2) is 5.00. The van der Waals surface area contributed by atoms with Gasteiger partial charge in [0.05, 0.1) is 6.20 Å². The maximum atomic E-state index is 12.3. The van der Waals surface area contributed by atoms with Crippen LogP contribution in [0.5, 0.6) is 0 Å². The molecule has 2 rings (SSSR count). The first-order chi connectivity index (χ1) is 8.62. The van der Waals surface area contributed by atoms with Crippen LogP contribution in [0, 0.1) is 5.41 Å². The van der Waals surface area contributed by atoms with E-state index in [0.717, 1.165) is 25.9 Å². The van der Waals surface area contributed by atoms with Crippen molar-refractivity contribution in [2.24, 2.45) is 5.41 Å². The highest BCUT2D eigenvalue weighted by Crippen LogP contribution is 2.38. The van der Waals surface area contributed by atoms with E-state index in [-0.39, 0.29) is 5.91 Å². The Morgan fingerprint density at radius 2 is 2.06 bits per heavy atom. The molecule has 0 spiro atoms. The van der Waals surface area contributed by atoms with E-state index in [9.17, 15) is 4.79 Å². The van der Waals surface area contributed by atoms with E-state index in [2.05, 4.69) is 24.0 Å². The van der Waals surface area contributed by atoms with E-state index in [0.29, 0.717) is 16.8 Å².